The van der Waals surface area contributed by atoms with Gasteiger partial charge in [-0.05, 0) is 80.1 Å². The quantitative estimate of drug-likeness (QED) is 0.136. The molecule has 0 spiro atoms. The Kier molecular flexibility index (Phi) is 9.82. The molecule has 8 nitrogen and oxygen atoms in total. The average molecular weight is 669 g/mol. The maximum absolute atomic E-state index is 6.33. The number of anilines is 4. The van der Waals surface area contributed by atoms with Gasteiger partial charge in [-0.3, -0.25) is 0 Å². The van der Waals surface area contributed by atoms with Gasteiger partial charge in [-0.1, -0.05) is 64.3 Å². The molecular weight excluding hydrogens is 637 g/mol. The fraction of sp³-hybridized carbons (Fsp3) is 0.290. The molecule has 2 heterocycles. The van der Waals surface area contributed by atoms with Gasteiger partial charge in [0.05, 0.1) is 6.21 Å². The van der Waals surface area contributed by atoms with Crippen LogP contribution in [-0.2, 0) is 6.61 Å². The first kappa shape index (κ1) is 30.1. The Labute approximate surface area is 264 Å². The summed E-state index contributed by atoms with van der Waals surface area (Å²) in [5.41, 5.74) is 7.87. The summed E-state index contributed by atoms with van der Waals surface area (Å²) in [5.74, 6) is 2.75. The molecule has 1 aliphatic rings. The summed E-state index contributed by atoms with van der Waals surface area (Å²) in [6.45, 7) is 8.52. The topological polar surface area (TPSA) is 87.6 Å². The lowest BCUT2D eigenvalue weighted by Gasteiger charge is -2.30. The monoisotopic (exact) mass is 667 g/mol. The summed E-state index contributed by atoms with van der Waals surface area (Å²) in [4.78, 5) is 16.3. The summed E-state index contributed by atoms with van der Waals surface area (Å²) in [5, 5.41) is 8.97. The molecule has 0 atom stereocenters. The van der Waals surface area contributed by atoms with Gasteiger partial charge in [0.1, 0.15) is 12.4 Å². The van der Waals surface area contributed by atoms with Gasteiger partial charge >= 0.3 is 0 Å². The highest BCUT2D eigenvalue weighted by Crippen LogP contribution is 2.27. The lowest BCUT2D eigenvalue weighted by atomic mass is 10.00. The molecule has 42 heavy (non-hydrogen) atoms. The molecule has 0 amide bonds. The lowest BCUT2D eigenvalue weighted by molar-refractivity contribution is 0.306. The smallest absolute Gasteiger partial charge is 0.250 e. The van der Waals surface area contributed by atoms with Crippen LogP contribution in [0.5, 0.6) is 5.75 Å². The van der Waals surface area contributed by atoms with Gasteiger partial charge in [0.2, 0.25) is 17.8 Å². The van der Waals surface area contributed by atoms with Crippen LogP contribution in [0, 0.1) is 19.8 Å². The van der Waals surface area contributed by atoms with E-state index in [1.54, 1.807) is 18.3 Å². The normalized spacial score (nSPS) is 13.9. The van der Waals surface area contributed by atoms with E-state index in [1.807, 2.05) is 36.4 Å². The van der Waals surface area contributed by atoms with Crippen molar-refractivity contribution >= 4 is 68.9 Å². The van der Waals surface area contributed by atoms with Gasteiger partial charge in [-0.2, -0.15) is 20.1 Å². The first-order chi connectivity index (χ1) is 20.2. The zero-order valence-electron chi connectivity index (χ0n) is 23.7. The number of rotatable bonds is 9. The number of hydrazone groups is 1. The molecular formula is C31H32BrCl2N7O. The molecule has 3 aromatic carbocycles. The van der Waals surface area contributed by atoms with Crippen molar-refractivity contribution in [1.29, 1.82) is 0 Å². The Bertz CT molecular complexity index is 1590. The van der Waals surface area contributed by atoms with Crippen molar-refractivity contribution in [3.63, 3.8) is 0 Å². The van der Waals surface area contributed by atoms with Gasteiger partial charge < -0.3 is 15.0 Å². The molecule has 2 N–H and O–H groups in total. The lowest BCUT2D eigenvalue weighted by Crippen LogP contribution is -2.34. The van der Waals surface area contributed by atoms with Crippen LogP contribution in [0.4, 0.5) is 23.5 Å². The number of nitrogens with one attached hydrogen (secondary N) is 2. The van der Waals surface area contributed by atoms with Gasteiger partial charge in [0.25, 0.3) is 0 Å². The standard InChI is InChI=1S/C31H32BrCl2N7O/c1-19-11-13-41(14-12-19)31-38-29(36-27-6-4-5-20(2)21(27)3)37-30(39-31)40-35-17-23-15-24(32)8-10-28(23)42-18-22-7-9-25(33)16-26(22)34/h4-10,15-17,19H,11-14,18H2,1-3H3,(H2,36,37,38,39,40). The van der Waals surface area contributed by atoms with Crippen LogP contribution in [0.1, 0.15) is 42.0 Å². The number of hydrogen-bond donors (Lipinski definition) is 2. The van der Waals surface area contributed by atoms with Crippen LogP contribution < -0.4 is 20.4 Å². The zero-order chi connectivity index (χ0) is 29.6. The van der Waals surface area contributed by atoms with Crippen molar-refractivity contribution < 1.29 is 4.74 Å². The Morgan fingerprint density at radius 3 is 2.60 bits per heavy atom. The van der Waals surface area contributed by atoms with Crippen molar-refractivity contribution in [3.05, 3.63) is 91.4 Å². The summed E-state index contributed by atoms with van der Waals surface area (Å²) in [7, 11) is 0. The van der Waals surface area contributed by atoms with E-state index < -0.39 is 0 Å². The minimum atomic E-state index is 0.282. The first-order valence-electron chi connectivity index (χ1n) is 13.7. The van der Waals surface area contributed by atoms with Gasteiger partial charge in [-0.25, -0.2) is 5.43 Å². The van der Waals surface area contributed by atoms with Crippen molar-refractivity contribution in [2.24, 2.45) is 11.0 Å². The van der Waals surface area contributed by atoms with E-state index in [1.165, 1.54) is 5.56 Å². The molecule has 1 aromatic heterocycles. The Morgan fingerprint density at radius 2 is 1.81 bits per heavy atom. The van der Waals surface area contributed by atoms with Crippen LogP contribution in [0.15, 0.2) is 64.2 Å². The molecule has 0 unspecified atom stereocenters. The number of halogens is 3. The van der Waals surface area contributed by atoms with Crippen LogP contribution in [0.2, 0.25) is 10.0 Å². The SMILES string of the molecule is Cc1cccc(Nc2nc(NN=Cc3cc(Br)ccc3OCc3ccc(Cl)cc3Cl)nc(N3CCC(C)CC3)n2)c1C. The second-order valence-electron chi connectivity index (χ2n) is 10.4. The number of hydrogen-bond acceptors (Lipinski definition) is 8. The minimum absolute atomic E-state index is 0.282. The number of aromatic nitrogens is 3. The van der Waals surface area contributed by atoms with E-state index in [0.29, 0.717) is 39.6 Å². The second kappa shape index (κ2) is 13.7. The number of piperidine rings is 1. The molecule has 11 heteroatoms. The number of ether oxygens (including phenoxy) is 1. The highest BCUT2D eigenvalue weighted by molar-refractivity contribution is 9.10. The summed E-state index contributed by atoms with van der Waals surface area (Å²) < 4.78 is 6.98. The summed E-state index contributed by atoms with van der Waals surface area (Å²) >= 11 is 15.9. The molecule has 1 aliphatic heterocycles. The minimum Gasteiger partial charge on any atom is -0.488 e. The van der Waals surface area contributed by atoms with E-state index in [9.17, 15) is 0 Å². The highest BCUT2D eigenvalue weighted by atomic mass is 79.9. The van der Waals surface area contributed by atoms with Gasteiger partial charge in [-0.15, -0.1) is 0 Å². The van der Waals surface area contributed by atoms with Gasteiger partial charge in [0.15, 0.2) is 0 Å². The van der Waals surface area contributed by atoms with Crippen LogP contribution in [0.3, 0.4) is 0 Å². The largest absolute Gasteiger partial charge is 0.488 e. The van der Waals surface area contributed by atoms with E-state index in [-0.39, 0.29) is 6.61 Å². The predicted octanol–water partition coefficient (Wildman–Crippen LogP) is 8.56. The molecule has 1 fully saturated rings. The Morgan fingerprint density at radius 1 is 1.02 bits per heavy atom. The van der Waals surface area contributed by atoms with E-state index in [0.717, 1.165) is 52.8 Å². The molecule has 0 radical (unpaired) electrons. The fourth-order valence-corrected chi connectivity index (χ4v) is 5.37. The fourth-order valence-electron chi connectivity index (χ4n) is 4.53. The molecule has 218 valence electrons. The van der Waals surface area contributed by atoms with E-state index >= 15 is 0 Å². The second-order valence-corrected chi connectivity index (χ2v) is 12.2. The third kappa shape index (κ3) is 7.70. The molecule has 1 saturated heterocycles. The van der Waals surface area contributed by atoms with E-state index in [4.69, 9.17) is 37.9 Å². The third-order valence-corrected chi connectivity index (χ3v) is 8.36. The molecule has 0 aliphatic carbocycles. The van der Waals surface area contributed by atoms with Crippen molar-refractivity contribution in [2.45, 2.75) is 40.2 Å². The van der Waals surface area contributed by atoms with Crippen LogP contribution in [-0.4, -0.2) is 34.3 Å². The Balaban J connectivity index is 1.37. The maximum atomic E-state index is 6.33. The third-order valence-electron chi connectivity index (χ3n) is 7.28. The molecule has 4 aromatic rings. The summed E-state index contributed by atoms with van der Waals surface area (Å²) in [6, 6.07) is 17.2. The van der Waals surface area contributed by atoms with Crippen LogP contribution in [0.25, 0.3) is 0 Å². The first-order valence-corrected chi connectivity index (χ1v) is 15.3. The molecule has 0 saturated carbocycles. The molecule has 0 bridgehead atoms. The number of aryl methyl sites for hydroxylation is 1. The number of benzene rings is 3. The van der Waals surface area contributed by atoms with Crippen molar-refractivity contribution in [1.82, 2.24) is 15.0 Å². The zero-order valence-corrected chi connectivity index (χ0v) is 26.8. The average Bonchev–Trinajstić information content (AvgIpc) is 2.96. The maximum Gasteiger partial charge on any atom is 0.250 e. The highest BCUT2D eigenvalue weighted by Gasteiger charge is 2.20. The van der Waals surface area contributed by atoms with Crippen molar-refractivity contribution in [2.75, 3.05) is 28.7 Å². The van der Waals surface area contributed by atoms with Gasteiger partial charge in [0, 0.05) is 44.4 Å². The Hall–Kier alpha value is -3.40. The van der Waals surface area contributed by atoms with Crippen molar-refractivity contribution in [3.8, 4) is 5.75 Å². The summed E-state index contributed by atoms with van der Waals surface area (Å²) in [6.07, 6.45) is 3.87. The number of nitrogens with zero attached hydrogens (tertiary/aromatic N) is 5. The predicted molar refractivity (Wildman–Crippen MR) is 176 cm³/mol. The van der Waals surface area contributed by atoms with E-state index in [2.05, 4.69) is 68.5 Å². The molecule has 5 rings (SSSR count). The van der Waals surface area contributed by atoms with Crippen LogP contribution >= 0.6 is 39.1 Å².